The van der Waals surface area contributed by atoms with Crippen LogP contribution in [0.2, 0.25) is 5.15 Å². The van der Waals surface area contributed by atoms with E-state index in [1.54, 1.807) is 12.1 Å². The van der Waals surface area contributed by atoms with Crippen molar-refractivity contribution in [1.82, 2.24) is 24.9 Å². The highest BCUT2D eigenvalue weighted by Crippen LogP contribution is 2.35. The Hall–Kier alpha value is -3.88. The van der Waals surface area contributed by atoms with Crippen LogP contribution in [-0.2, 0) is 0 Å². The Morgan fingerprint density at radius 3 is 2.84 bits per heavy atom. The fraction of sp³-hybridized carbons (Fsp3) is 0.150. The number of hydrogen-bond acceptors (Lipinski definition) is 10. The number of aromatic nitrogens is 5. The number of thiazole rings is 1. The average molecular weight is 468 g/mol. The topological polar surface area (TPSA) is 136 Å². The molecular formula is C20H14ClN7O3S. The fourth-order valence-electron chi connectivity index (χ4n) is 2.91. The molecule has 0 fully saturated rings. The van der Waals surface area contributed by atoms with E-state index in [1.165, 1.54) is 25.8 Å². The highest BCUT2D eigenvalue weighted by molar-refractivity contribution is 7.22. The molecule has 0 atom stereocenters. The van der Waals surface area contributed by atoms with E-state index in [0.29, 0.717) is 43.6 Å². The second kappa shape index (κ2) is 9.09. The van der Waals surface area contributed by atoms with E-state index in [0.717, 1.165) is 11.3 Å². The Balaban J connectivity index is 1.71. The van der Waals surface area contributed by atoms with Crippen molar-refractivity contribution in [3.63, 3.8) is 0 Å². The summed E-state index contributed by atoms with van der Waals surface area (Å²) in [4.78, 5) is 34.4. The molecule has 4 aromatic heterocycles. The van der Waals surface area contributed by atoms with E-state index in [4.69, 9.17) is 26.3 Å². The number of nitriles is 1. The van der Waals surface area contributed by atoms with E-state index in [2.05, 4.69) is 30.2 Å². The molecule has 4 aromatic rings. The normalized spacial score (nSPS) is 10.6. The minimum Gasteiger partial charge on any atom is -0.494 e. The monoisotopic (exact) mass is 467 g/mol. The van der Waals surface area contributed by atoms with E-state index in [1.807, 2.05) is 13.0 Å². The van der Waals surface area contributed by atoms with Crippen LogP contribution in [0, 0.1) is 18.3 Å². The van der Waals surface area contributed by atoms with Crippen molar-refractivity contribution < 1.29 is 14.3 Å². The Labute approximate surface area is 190 Å². The Morgan fingerprint density at radius 2 is 2.06 bits per heavy atom. The Bertz CT molecular complexity index is 1370. The second-order valence-corrected chi connectivity index (χ2v) is 7.70. The van der Waals surface area contributed by atoms with Gasteiger partial charge in [-0.15, -0.1) is 0 Å². The van der Waals surface area contributed by atoms with Gasteiger partial charge in [-0.2, -0.15) is 10.2 Å². The maximum Gasteiger partial charge on any atom is 0.259 e. The summed E-state index contributed by atoms with van der Waals surface area (Å²) < 4.78 is 10.7. The maximum atomic E-state index is 13.2. The number of methoxy groups -OCH3 is 1. The Kier molecular flexibility index (Phi) is 6.07. The standard InChI is InChI=1S/C20H14ClN7O3S/c1-10-5-11(12-6-15(21)24-8-14(12)30-2)13(7-23-10)17(29)28-20-27-16-18(31-4-3-22)25-9-26-19(16)32-20/h5-9H,4H2,1-2H3,(H,27,28,29). The number of fused-ring (bicyclic) bond motifs is 1. The molecule has 12 heteroatoms. The van der Waals surface area contributed by atoms with E-state index in [-0.39, 0.29) is 17.6 Å². The van der Waals surface area contributed by atoms with Crippen molar-refractivity contribution in [2.75, 3.05) is 19.0 Å². The van der Waals surface area contributed by atoms with Gasteiger partial charge in [-0.3, -0.25) is 15.1 Å². The van der Waals surface area contributed by atoms with Crippen LogP contribution in [0.1, 0.15) is 16.1 Å². The lowest BCUT2D eigenvalue weighted by Crippen LogP contribution is -2.14. The molecule has 0 aliphatic heterocycles. The first-order chi connectivity index (χ1) is 15.5. The van der Waals surface area contributed by atoms with Gasteiger partial charge in [0.25, 0.3) is 5.91 Å². The highest BCUT2D eigenvalue weighted by atomic mass is 35.5. The number of rotatable bonds is 6. The highest BCUT2D eigenvalue weighted by Gasteiger charge is 2.20. The lowest BCUT2D eigenvalue weighted by molar-refractivity contribution is 0.102. The number of anilines is 1. The summed E-state index contributed by atoms with van der Waals surface area (Å²) in [5.74, 6) is 0.194. The van der Waals surface area contributed by atoms with Gasteiger partial charge in [0.05, 0.1) is 18.9 Å². The van der Waals surface area contributed by atoms with Crippen molar-refractivity contribution in [1.29, 1.82) is 5.26 Å². The quantitative estimate of drug-likeness (QED) is 0.421. The summed E-state index contributed by atoms with van der Waals surface area (Å²) in [6.45, 7) is 1.63. The molecule has 0 bridgehead atoms. The van der Waals surface area contributed by atoms with Crippen LogP contribution >= 0.6 is 22.9 Å². The predicted molar refractivity (Wildman–Crippen MR) is 118 cm³/mol. The summed E-state index contributed by atoms with van der Waals surface area (Å²) in [5.41, 5.74) is 2.54. The summed E-state index contributed by atoms with van der Waals surface area (Å²) in [6, 6.07) is 5.26. The van der Waals surface area contributed by atoms with Gasteiger partial charge in [-0.1, -0.05) is 22.9 Å². The molecule has 0 saturated heterocycles. The summed E-state index contributed by atoms with van der Waals surface area (Å²) in [7, 11) is 1.51. The lowest BCUT2D eigenvalue weighted by atomic mass is 10.0. The largest absolute Gasteiger partial charge is 0.494 e. The van der Waals surface area contributed by atoms with Crippen molar-refractivity contribution in [3.05, 3.63) is 47.3 Å². The molecule has 0 spiro atoms. The molecule has 4 rings (SSSR count). The zero-order valence-corrected chi connectivity index (χ0v) is 18.4. The average Bonchev–Trinajstić information content (AvgIpc) is 3.20. The minimum atomic E-state index is -0.436. The second-order valence-electron chi connectivity index (χ2n) is 6.33. The zero-order valence-electron chi connectivity index (χ0n) is 16.8. The first-order valence-electron chi connectivity index (χ1n) is 9.09. The van der Waals surface area contributed by atoms with Crippen LogP contribution in [0.3, 0.4) is 0 Å². The van der Waals surface area contributed by atoms with Crippen molar-refractivity contribution >= 4 is 44.3 Å². The number of hydrogen-bond donors (Lipinski definition) is 1. The van der Waals surface area contributed by atoms with Crippen LogP contribution in [0.5, 0.6) is 11.6 Å². The van der Waals surface area contributed by atoms with Gasteiger partial charge in [0.1, 0.15) is 23.3 Å². The smallest absolute Gasteiger partial charge is 0.259 e. The molecule has 0 unspecified atom stereocenters. The van der Waals surface area contributed by atoms with Gasteiger partial charge in [0.2, 0.25) is 5.88 Å². The third-order valence-corrected chi connectivity index (χ3v) is 5.37. The molecule has 1 N–H and O–H groups in total. The summed E-state index contributed by atoms with van der Waals surface area (Å²) >= 11 is 7.23. The Morgan fingerprint density at radius 1 is 1.22 bits per heavy atom. The van der Waals surface area contributed by atoms with Gasteiger partial charge >= 0.3 is 0 Å². The molecule has 160 valence electrons. The van der Waals surface area contributed by atoms with Crippen molar-refractivity contribution in [2.45, 2.75) is 6.92 Å². The summed E-state index contributed by atoms with van der Waals surface area (Å²) in [6.07, 6.45) is 4.27. The first kappa shape index (κ1) is 21.4. The zero-order chi connectivity index (χ0) is 22.7. The van der Waals surface area contributed by atoms with E-state index in [9.17, 15) is 4.79 Å². The number of nitrogens with one attached hydrogen (secondary N) is 1. The van der Waals surface area contributed by atoms with Crippen LogP contribution in [0.4, 0.5) is 5.13 Å². The summed E-state index contributed by atoms with van der Waals surface area (Å²) in [5, 5.41) is 12.0. The van der Waals surface area contributed by atoms with Crippen molar-refractivity contribution in [3.8, 4) is 28.8 Å². The molecule has 0 aliphatic carbocycles. The number of pyridine rings is 2. The van der Waals surface area contributed by atoms with E-state index < -0.39 is 5.91 Å². The molecule has 32 heavy (non-hydrogen) atoms. The number of nitrogens with zero attached hydrogens (tertiary/aromatic N) is 6. The van der Waals surface area contributed by atoms with Crippen LogP contribution in [0.15, 0.2) is 30.9 Å². The third kappa shape index (κ3) is 4.27. The van der Waals surface area contributed by atoms with Crippen LogP contribution < -0.4 is 14.8 Å². The third-order valence-electron chi connectivity index (χ3n) is 4.29. The molecule has 4 heterocycles. The van der Waals surface area contributed by atoms with Gasteiger partial charge < -0.3 is 9.47 Å². The van der Waals surface area contributed by atoms with Gasteiger partial charge in [0.15, 0.2) is 22.1 Å². The fourth-order valence-corrected chi connectivity index (χ4v) is 3.86. The minimum absolute atomic E-state index is 0.169. The molecule has 0 aromatic carbocycles. The maximum absolute atomic E-state index is 13.2. The van der Waals surface area contributed by atoms with Gasteiger partial charge in [0, 0.05) is 23.0 Å². The first-order valence-corrected chi connectivity index (χ1v) is 10.3. The number of amides is 1. The lowest BCUT2D eigenvalue weighted by Gasteiger charge is -2.13. The number of ether oxygens (including phenoxy) is 2. The molecule has 0 aliphatic rings. The van der Waals surface area contributed by atoms with Crippen LogP contribution in [0.25, 0.3) is 21.5 Å². The number of aryl methyl sites for hydroxylation is 1. The van der Waals surface area contributed by atoms with Crippen LogP contribution in [-0.4, -0.2) is 44.5 Å². The van der Waals surface area contributed by atoms with Gasteiger partial charge in [-0.05, 0) is 19.1 Å². The number of carbonyl (C=O) groups is 1. The molecule has 0 radical (unpaired) electrons. The van der Waals surface area contributed by atoms with Crippen molar-refractivity contribution in [2.24, 2.45) is 0 Å². The number of halogens is 1. The number of carbonyl (C=O) groups excluding carboxylic acids is 1. The predicted octanol–water partition coefficient (Wildman–Crippen LogP) is 3.67. The molecule has 10 nitrogen and oxygen atoms in total. The SMILES string of the molecule is COc1cnc(Cl)cc1-c1cc(C)ncc1C(=O)Nc1nc2c(OCC#N)ncnc2s1. The molecule has 0 saturated carbocycles. The molecule has 1 amide bonds. The molecular weight excluding hydrogens is 454 g/mol. The van der Waals surface area contributed by atoms with Gasteiger partial charge in [-0.25, -0.2) is 15.0 Å². The van der Waals surface area contributed by atoms with E-state index >= 15 is 0 Å².